The van der Waals surface area contributed by atoms with Crippen LogP contribution in [0.4, 0.5) is 5.69 Å². The monoisotopic (exact) mass is 477 g/mol. The first-order chi connectivity index (χ1) is 14.8. The van der Waals surface area contributed by atoms with Gasteiger partial charge in [0.05, 0.1) is 24.0 Å². The van der Waals surface area contributed by atoms with Crippen LogP contribution in [0.2, 0.25) is 0 Å². The highest BCUT2D eigenvalue weighted by molar-refractivity contribution is 7.92. The summed E-state index contributed by atoms with van der Waals surface area (Å²) in [5, 5.41) is 19.7. The fourth-order valence-corrected chi connectivity index (χ4v) is 5.00. The van der Waals surface area contributed by atoms with Gasteiger partial charge in [0.25, 0.3) is 0 Å². The summed E-state index contributed by atoms with van der Waals surface area (Å²) in [6.07, 6.45) is 3.52. The van der Waals surface area contributed by atoms with Gasteiger partial charge in [-0.05, 0) is 55.2 Å². The molecule has 0 aliphatic carbocycles. The van der Waals surface area contributed by atoms with Gasteiger partial charge in [-0.1, -0.05) is 12.1 Å². The number of sulfonamides is 1. The van der Waals surface area contributed by atoms with Crippen molar-refractivity contribution in [3.63, 3.8) is 0 Å². The predicted octanol–water partition coefficient (Wildman–Crippen LogP) is 3.24. The van der Waals surface area contributed by atoms with E-state index < -0.39 is 16.1 Å². The minimum atomic E-state index is -3.38. The van der Waals surface area contributed by atoms with Gasteiger partial charge in [-0.15, -0.1) is 12.4 Å². The van der Waals surface area contributed by atoms with Crippen molar-refractivity contribution in [3.8, 4) is 11.8 Å². The predicted molar refractivity (Wildman–Crippen MR) is 126 cm³/mol. The van der Waals surface area contributed by atoms with Gasteiger partial charge >= 0.3 is 0 Å². The first kappa shape index (κ1) is 24.3. The average Bonchev–Trinajstić information content (AvgIpc) is 2.73. The Kier molecular flexibility index (Phi) is 7.36. The summed E-state index contributed by atoms with van der Waals surface area (Å²) in [6.45, 7) is 2.74. The van der Waals surface area contributed by atoms with Crippen LogP contribution >= 0.6 is 12.4 Å². The molecule has 2 aromatic carbocycles. The van der Waals surface area contributed by atoms with Crippen LogP contribution in [0, 0.1) is 11.3 Å². The number of aliphatic hydroxyl groups is 1. The number of nitrogens with one attached hydrogen (secondary N) is 1. The SMILES string of the molecule is CS(=O)(=O)Nc1ccc2c(c1)C(O)CC1(CCN(CCc3ccc(C#N)cc3)CC1)O2.Cl. The third-order valence-electron chi connectivity index (χ3n) is 6.13. The molecule has 1 unspecified atom stereocenters. The molecule has 2 heterocycles. The summed E-state index contributed by atoms with van der Waals surface area (Å²) < 4.78 is 31.8. The lowest BCUT2D eigenvalue weighted by atomic mass is 9.81. The molecule has 0 radical (unpaired) electrons. The lowest BCUT2D eigenvalue weighted by Crippen LogP contribution is -2.50. The molecule has 0 bridgehead atoms. The van der Waals surface area contributed by atoms with Gasteiger partial charge in [-0.3, -0.25) is 4.72 Å². The number of hydrogen-bond donors (Lipinski definition) is 2. The van der Waals surface area contributed by atoms with Crippen molar-refractivity contribution in [2.24, 2.45) is 0 Å². The van der Waals surface area contributed by atoms with Gasteiger partial charge in [-0.2, -0.15) is 5.26 Å². The third kappa shape index (κ3) is 5.73. The standard InChI is InChI=1S/C23H27N3O4S.ClH/c1-31(28,29)25-19-6-7-22-20(14-19)21(27)15-23(30-22)9-12-26(13-10-23)11-8-17-2-4-18(16-24)5-3-17;/h2-7,14,21,25,27H,8-13,15H2,1H3;1H. The maximum atomic E-state index is 11.5. The van der Waals surface area contributed by atoms with Crippen LogP contribution < -0.4 is 9.46 Å². The third-order valence-corrected chi connectivity index (χ3v) is 6.74. The van der Waals surface area contributed by atoms with Crippen LogP contribution in [0.25, 0.3) is 0 Å². The van der Waals surface area contributed by atoms with Crippen molar-refractivity contribution in [2.75, 3.05) is 30.6 Å². The minimum Gasteiger partial charge on any atom is -0.487 e. The number of benzene rings is 2. The van der Waals surface area contributed by atoms with Crippen molar-refractivity contribution in [3.05, 3.63) is 59.2 Å². The van der Waals surface area contributed by atoms with E-state index in [4.69, 9.17) is 10.00 Å². The zero-order chi connectivity index (χ0) is 22.1. The van der Waals surface area contributed by atoms with Gasteiger partial charge in [0.15, 0.2) is 0 Å². The Hall–Kier alpha value is -2.31. The summed E-state index contributed by atoms with van der Waals surface area (Å²) in [4.78, 5) is 2.41. The summed E-state index contributed by atoms with van der Waals surface area (Å²) >= 11 is 0. The fraction of sp³-hybridized carbons (Fsp3) is 0.435. The van der Waals surface area contributed by atoms with E-state index in [1.807, 2.05) is 24.3 Å². The lowest BCUT2D eigenvalue weighted by Gasteiger charge is -2.46. The van der Waals surface area contributed by atoms with E-state index in [0.29, 0.717) is 29.0 Å². The Balaban J connectivity index is 0.00000289. The summed E-state index contributed by atoms with van der Waals surface area (Å²) in [7, 11) is -3.38. The van der Waals surface area contributed by atoms with Crippen molar-refractivity contribution in [2.45, 2.75) is 37.4 Å². The molecule has 2 aliphatic heterocycles. The highest BCUT2D eigenvalue weighted by Gasteiger charge is 2.42. The number of aliphatic hydroxyl groups excluding tert-OH is 1. The smallest absolute Gasteiger partial charge is 0.229 e. The highest BCUT2D eigenvalue weighted by Crippen LogP contribution is 2.45. The van der Waals surface area contributed by atoms with E-state index in [0.717, 1.165) is 45.2 Å². The molecule has 1 atom stereocenters. The van der Waals surface area contributed by atoms with Crippen molar-refractivity contribution >= 4 is 28.1 Å². The summed E-state index contributed by atoms with van der Waals surface area (Å²) in [5.41, 5.74) is 2.57. The largest absolute Gasteiger partial charge is 0.487 e. The number of nitriles is 1. The molecule has 0 aromatic heterocycles. The second-order valence-corrected chi connectivity index (χ2v) is 10.3. The fourth-order valence-electron chi connectivity index (χ4n) is 4.44. The van der Waals surface area contributed by atoms with E-state index in [2.05, 4.69) is 15.7 Å². The highest BCUT2D eigenvalue weighted by atomic mass is 35.5. The Labute approximate surface area is 195 Å². The first-order valence-electron chi connectivity index (χ1n) is 10.5. The molecule has 0 saturated carbocycles. The van der Waals surface area contributed by atoms with E-state index in [1.165, 1.54) is 5.56 Å². The second-order valence-electron chi connectivity index (χ2n) is 8.53. The van der Waals surface area contributed by atoms with Crippen LogP contribution in [0.3, 0.4) is 0 Å². The molecule has 4 rings (SSSR count). The molecule has 0 amide bonds. The first-order valence-corrected chi connectivity index (χ1v) is 12.3. The average molecular weight is 478 g/mol. The van der Waals surface area contributed by atoms with Crippen molar-refractivity contribution in [1.29, 1.82) is 5.26 Å². The van der Waals surface area contributed by atoms with Gasteiger partial charge in [0, 0.05) is 37.3 Å². The molecule has 2 aromatic rings. The number of ether oxygens (including phenoxy) is 1. The molecular formula is C23H28ClN3O4S. The molecule has 2 aliphatic rings. The number of hydrogen-bond acceptors (Lipinski definition) is 6. The Morgan fingerprint density at radius 3 is 2.53 bits per heavy atom. The van der Waals surface area contributed by atoms with Crippen LogP contribution in [0.5, 0.6) is 5.75 Å². The molecule has 1 spiro atoms. The normalized spacial score (nSPS) is 19.8. The quantitative estimate of drug-likeness (QED) is 0.685. The van der Waals surface area contributed by atoms with Crippen molar-refractivity contribution < 1.29 is 18.3 Å². The Morgan fingerprint density at radius 2 is 1.91 bits per heavy atom. The zero-order valence-corrected chi connectivity index (χ0v) is 19.6. The van der Waals surface area contributed by atoms with Gasteiger partial charge in [0.1, 0.15) is 11.4 Å². The van der Waals surface area contributed by atoms with Crippen LogP contribution in [-0.4, -0.2) is 49.9 Å². The van der Waals surface area contributed by atoms with Gasteiger partial charge < -0.3 is 14.7 Å². The topological polar surface area (TPSA) is 103 Å². The molecular weight excluding hydrogens is 450 g/mol. The van der Waals surface area contributed by atoms with Gasteiger partial charge in [-0.25, -0.2) is 8.42 Å². The molecule has 9 heteroatoms. The van der Waals surface area contributed by atoms with Gasteiger partial charge in [0.2, 0.25) is 10.0 Å². The number of likely N-dealkylation sites (tertiary alicyclic amines) is 1. The number of piperidine rings is 1. The van der Waals surface area contributed by atoms with E-state index in [-0.39, 0.29) is 18.0 Å². The van der Waals surface area contributed by atoms with Crippen LogP contribution in [0.1, 0.15) is 42.1 Å². The van der Waals surface area contributed by atoms with E-state index >= 15 is 0 Å². The maximum Gasteiger partial charge on any atom is 0.229 e. The Morgan fingerprint density at radius 1 is 1.22 bits per heavy atom. The molecule has 1 saturated heterocycles. The Bertz CT molecular complexity index is 1090. The maximum absolute atomic E-state index is 11.5. The molecule has 2 N–H and O–H groups in total. The molecule has 32 heavy (non-hydrogen) atoms. The van der Waals surface area contributed by atoms with Crippen molar-refractivity contribution in [1.82, 2.24) is 4.90 Å². The number of rotatable bonds is 5. The lowest BCUT2D eigenvalue weighted by molar-refractivity contribution is -0.0536. The molecule has 172 valence electrons. The summed E-state index contributed by atoms with van der Waals surface area (Å²) in [6, 6.07) is 14.9. The number of halogens is 1. The van der Waals surface area contributed by atoms with E-state index in [9.17, 15) is 13.5 Å². The molecule has 7 nitrogen and oxygen atoms in total. The zero-order valence-electron chi connectivity index (χ0n) is 18.0. The summed E-state index contributed by atoms with van der Waals surface area (Å²) in [5.74, 6) is 0.629. The number of nitrogens with zero attached hydrogens (tertiary/aromatic N) is 2. The molecule has 1 fully saturated rings. The second kappa shape index (κ2) is 9.67. The number of fused-ring (bicyclic) bond motifs is 1. The minimum absolute atomic E-state index is 0. The number of anilines is 1. The van der Waals surface area contributed by atoms with Crippen LogP contribution in [0.15, 0.2) is 42.5 Å². The van der Waals surface area contributed by atoms with Crippen LogP contribution in [-0.2, 0) is 16.4 Å². The van der Waals surface area contributed by atoms with E-state index in [1.54, 1.807) is 18.2 Å².